The molecule has 1 aromatic carbocycles. The Labute approximate surface area is 130 Å². The zero-order valence-electron chi connectivity index (χ0n) is 11.9. The molecule has 0 fully saturated rings. The van der Waals surface area contributed by atoms with Crippen LogP contribution in [-0.4, -0.2) is 27.2 Å². The van der Waals surface area contributed by atoms with Crippen molar-refractivity contribution in [3.8, 4) is 0 Å². The zero-order chi connectivity index (χ0) is 15.5. The van der Waals surface area contributed by atoms with Gasteiger partial charge in [-0.2, -0.15) is 5.10 Å². The van der Waals surface area contributed by atoms with Crippen LogP contribution in [-0.2, 0) is 6.54 Å². The number of aromatic nitrogens is 3. The van der Waals surface area contributed by atoms with Gasteiger partial charge < -0.3 is 5.32 Å². The van der Waals surface area contributed by atoms with E-state index in [-0.39, 0.29) is 11.5 Å². The molecule has 2 heterocycles. The van der Waals surface area contributed by atoms with Gasteiger partial charge in [0.05, 0.1) is 28.0 Å². The van der Waals surface area contributed by atoms with Gasteiger partial charge >= 0.3 is 0 Å². The maximum absolute atomic E-state index is 12.1. The van der Waals surface area contributed by atoms with Gasteiger partial charge in [0.15, 0.2) is 0 Å². The van der Waals surface area contributed by atoms with E-state index in [0.717, 1.165) is 15.9 Å². The monoisotopic (exact) mass is 314 g/mol. The molecule has 0 spiro atoms. The lowest BCUT2D eigenvalue weighted by molar-refractivity contribution is 0.0952. The van der Waals surface area contributed by atoms with Crippen molar-refractivity contribution in [2.75, 3.05) is 6.54 Å². The standard InChI is InChI=1S/C15H14N4O2S/c1-10-2-5-14(20)19(18-10)7-6-16-15(21)11-3-4-12-13(8-11)22-9-17-12/h2-5,8-9H,6-7H2,1H3,(H,16,21). The number of carbonyl (C=O) groups excluding carboxylic acids is 1. The van der Waals surface area contributed by atoms with Crippen LogP contribution in [0.15, 0.2) is 40.6 Å². The number of hydrogen-bond acceptors (Lipinski definition) is 5. The van der Waals surface area contributed by atoms with Crippen LogP contribution in [0.5, 0.6) is 0 Å². The molecule has 6 nitrogen and oxygen atoms in total. The van der Waals surface area contributed by atoms with Gasteiger partial charge in [-0.3, -0.25) is 9.59 Å². The van der Waals surface area contributed by atoms with Crippen LogP contribution in [0.3, 0.4) is 0 Å². The fourth-order valence-electron chi connectivity index (χ4n) is 2.08. The minimum atomic E-state index is -0.175. The lowest BCUT2D eigenvalue weighted by Gasteiger charge is -2.07. The van der Waals surface area contributed by atoms with Crippen LogP contribution in [0.4, 0.5) is 0 Å². The molecule has 0 saturated carbocycles. The fraction of sp³-hybridized carbons (Fsp3) is 0.200. The number of hydrogen-bond donors (Lipinski definition) is 1. The molecule has 0 atom stereocenters. The summed E-state index contributed by atoms with van der Waals surface area (Å²) in [5.41, 5.74) is 3.81. The summed E-state index contributed by atoms with van der Waals surface area (Å²) in [6, 6.07) is 8.53. The van der Waals surface area contributed by atoms with E-state index in [1.54, 1.807) is 17.6 Å². The van der Waals surface area contributed by atoms with E-state index < -0.39 is 0 Å². The first-order chi connectivity index (χ1) is 10.6. The normalized spacial score (nSPS) is 10.8. The largest absolute Gasteiger partial charge is 0.350 e. The summed E-state index contributed by atoms with van der Waals surface area (Å²) in [6.07, 6.45) is 0. The van der Waals surface area contributed by atoms with Gasteiger partial charge in [0.2, 0.25) is 0 Å². The Morgan fingerprint density at radius 2 is 2.18 bits per heavy atom. The number of carbonyl (C=O) groups is 1. The lowest BCUT2D eigenvalue weighted by Crippen LogP contribution is -2.32. The third-order valence-corrected chi connectivity index (χ3v) is 3.99. The first-order valence-corrected chi connectivity index (χ1v) is 7.68. The van der Waals surface area contributed by atoms with Crippen molar-refractivity contribution in [2.24, 2.45) is 0 Å². The average molecular weight is 314 g/mol. The molecule has 0 aliphatic carbocycles. The molecule has 0 unspecified atom stereocenters. The van der Waals surface area contributed by atoms with Gasteiger partial charge in [0.1, 0.15) is 0 Å². The van der Waals surface area contributed by atoms with Gasteiger partial charge in [0.25, 0.3) is 11.5 Å². The van der Waals surface area contributed by atoms with E-state index in [1.165, 1.54) is 22.1 Å². The van der Waals surface area contributed by atoms with Crippen molar-refractivity contribution in [3.63, 3.8) is 0 Å². The summed E-state index contributed by atoms with van der Waals surface area (Å²) in [5.74, 6) is -0.170. The van der Waals surface area contributed by atoms with E-state index in [2.05, 4.69) is 15.4 Å². The zero-order valence-corrected chi connectivity index (χ0v) is 12.8. The first-order valence-electron chi connectivity index (χ1n) is 6.80. The molecule has 0 aliphatic heterocycles. The molecule has 22 heavy (non-hydrogen) atoms. The Kier molecular flexibility index (Phi) is 3.97. The number of nitrogens with one attached hydrogen (secondary N) is 1. The number of benzene rings is 1. The van der Waals surface area contributed by atoms with Crippen LogP contribution in [0, 0.1) is 6.92 Å². The molecule has 112 valence electrons. The molecular formula is C15H14N4O2S. The summed E-state index contributed by atoms with van der Waals surface area (Å²) in [5, 5.41) is 6.92. The highest BCUT2D eigenvalue weighted by molar-refractivity contribution is 7.16. The Bertz CT molecular complexity index is 884. The van der Waals surface area contributed by atoms with Crippen LogP contribution in [0.2, 0.25) is 0 Å². The van der Waals surface area contributed by atoms with Crippen molar-refractivity contribution >= 4 is 27.5 Å². The number of fused-ring (bicyclic) bond motifs is 1. The van der Waals surface area contributed by atoms with E-state index in [1.807, 2.05) is 19.1 Å². The lowest BCUT2D eigenvalue weighted by atomic mass is 10.2. The van der Waals surface area contributed by atoms with Crippen LogP contribution in [0.1, 0.15) is 16.1 Å². The summed E-state index contributed by atoms with van der Waals surface area (Å²) >= 11 is 1.50. The molecule has 0 aliphatic rings. The SMILES string of the molecule is Cc1ccc(=O)n(CCNC(=O)c2ccc3ncsc3c2)n1. The molecule has 0 radical (unpaired) electrons. The van der Waals surface area contributed by atoms with E-state index in [9.17, 15) is 9.59 Å². The summed E-state index contributed by atoms with van der Waals surface area (Å²) in [7, 11) is 0. The van der Waals surface area contributed by atoms with E-state index in [0.29, 0.717) is 18.7 Å². The quantitative estimate of drug-likeness (QED) is 0.793. The highest BCUT2D eigenvalue weighted by Crippen LogP contribution is 2.18. The highest BCUT2D eigenvalue weighted by Gasteiger charge is 2.07. The predicted octanol–water partition coefficient (Wildman–Crippen LogP) is 1.59. The maximum atomic E-state index is 12.1. The molecule has 2 aromatic heterocycles. The first kappa shape index (κ1) is 14.4. The number of aryl methyl sites for hydroxylation is 1. The molecule has 1 amide bonds. The molecular weight excluding hydrogens is 300 g/mol. The Hall–Kier alpha value is -2.54. The van der Waals surface area contributed by atoms with Crippen molar-refractivity contribution in [1.29, 1.82) is 0 Å². The maximum Gasteiger partial charge on any atom is 0.266 e. The van der Waals surface area contributed by atoms with E-state index >= 15 is 0 Å². The van der Waals surface area contributed by atoms with Crippen molar-refractivity contribution in [2.45, 2.75) is 13.5 Å². The minimum absolute atomic E-state index is 0.170. The molecule has 3 rings (SSSR count). The average Bonchev–Trinajstić information content (AvgIpc) is 2.98. The summed E-state index contributed by atoms with van der Waals surface area (Å²) in [6.45, 7) is 2.50. The number of nitrogens with zero attached hydrogens (tertiary/aromatic N) is 3. The fourth-order valence-corrected chi connectivity index (χ4v) is 2.80. The predicted molar refractivity (Wildman–Crippen MR) is 85.2 cm³/mol. The van der Waals surface area contributed by atoms with Crippen LogP contribution >= 0.6 is 11.3 Å². The summed E-state index contributed by atoms with van der Waals surface area (Å²) in [4.78, 5) is 27.9. The van der Waals surface area contributed by atoms with Crippen LogP contribution < -0.4 is 10.9 Å². The molecule has 7 heteroatoms. The Balaban J connectivity index is 1.64. The van der Waals surface area contributed by atoms with E-state index in [4.69, 9.17) is 0 Å². The van der Waals surface area contributed by atoms with Gasteiger partial charge in [-0.1, -0.05) is 0 Å². The van der Waals surface area contributed by atoms with Crippen molar-refractivity contribution in [3.05, 3.63) is 57.5 Å². The number of thiazole rings is 1. The Morgan fingerprint density at radius 1 is 1.32 bits per heavy atom. The third-order valence-electron chi connectivity index (χ3n) is 3.20. The van der Waals surface area contributed by atoms with Crippen molar-refractivity contribution in [1.82, 2.24) is 20.1 Å². The number of rotatable bonds is 4. The van der Waals surface area contributed by atoms with Crippen molar-refractivity contribution < 1.29 is 4.79 Å². The molecule has 0 bridgehead atoms. The van der Waals surface area contributed by atoms with Gasteiger partial charge in [-0.05, 0) is 31.2 Å². The minimum Gasteiger partial charge on any atom is -0.350 e. The Morgan fingerprint density at radius 3 is 3.05 bits per heavy atom. The number of amides is 1. The second-order valence-corrected chi connectivity index (χ2v) is 5.71. The molecule has 1 N–H and O–H groups in total. The van der Waals surface area contributed by atoms with Gasteiger partial charge in [-0.15, -0.1) is 11.3 Å². The summed E-state index contributed by atoms with van der Waals surface area (Å²) < 4.78 is 2.33. The van der Waals surface area contributed by atoms with Crippen LogP contribution in [0.25, 0.3) is 10.2 Å². The second kappa shape index (κ2) is 6.07. The third kappa shape index (κ3) is 3.04. The topological polar surface area (TPSA) is 76.9 Å². The molecule has 0 saturated heterocycles. The van der Waals surface area contributed by atoms with Gasteiger partial charge in [-0.25, -0.2) is 9.67 Å². The highest BCUT2D eigenvalue weighted by atomic mass is 32.1. The molecule has 3 aromatic rings. The smallest absolute Gasteiger partial charge is 0.266 e. The van der Waals surface area contributed by atoms with Gasteiger partial charge in [0, 0.05) is 18.2 Å². The second-order valence-electron chi connectivity index (χ2n) is 4.83.